The van der Waals surface area contributed by atoms with Crippen LogP contribution in [0.5, 0.6) is 0 Å². The summed E-state index contributed by atoms with van der Waals surface area (Å²) in [6.45, 7) is 13.1. The highest BCUT2D eigenvalue weighted by molar-refractivity contribution is 5.77. The molecule has 6 nitrogen and oxygen atoms in total. The Balaban J connectivity index is 1.92. The van der Waals surface area contributed by atoms with E-state index in [2.05, 4.69) is 69.9 Å². The lowest BCUT2D eigenvalue weighted by atomic mass is 9.93. The Hall–Kier alpha value is -2.91. The molecule has 1 fully saturated rings. The molecule has 0 radical (unpaired) electrons. The number of hydrogen-bond donors (Lipinski definition) is 0. The first-order valence-corrected chi connectivity index (χ1v) is 11.9. The first-order chi connectivity index (χ1) is 15.8. The number of benzene rings is 1. The van der Waals surface area contributed by atoms with Crippen molar-refractivity contribution in [2.24, 2.45) is 0 Å². The highest BCUT2D eigenvalue weighted by Gasteiger charge is 2.29. The third kappa shape index (κ3) is 5.54. The molecule has 0 spiro atoms. The van der Waals surface area contributed by atoms with Crippen molar-refractivity contribution in [3.63, 3.8) is 0 Å². The Morgan fingerprint density at radius 1 is 1.18 bits per heavy atom. The molecule has 0 saturated carbocycles. The highest BCUT2D eigenvalue weighted by atomic mass is 16.5. The van der Waals surface area contributed by atoms with Gasteiger partial charge in [-0.2, -0.15) is 5.26 Å². The van der Waals surface area contributed by atoms with E-state index >= 15 is 0 Å². The second-order valence-corrected chi connectivity index (χ2v) is 9.46. The Morgan fingerprint density at radius 2 is 1.88 bits per heavy atom. The van der Waals surface area contributed by atoms with Crippen LogP contribution in [0.2, 0.25) is 0 Å². The van der Waals surface area contributed by atoms with Gasteiger partial charge in [-0.05, 0) is 36.0 Å². The van der Waals surface area contributed by atoms with Crippen LogP contribution in [-0.4, -0.2) is 55.2 Å². The van der Waals surface area contributed by atoms with Gasteiger partial charge in [-0.25, -0.2) is 4.98 Å². The van der Waals surface area contributed by atoms with Gasteiger partial charge in [-0.15, -0.1) is 0 Å². The van der Waals surface area contributed by atoms with Crippen molar-refractivity contribution in [1.82, 2.24) is 9.88 Å². The van der Waals surface area contributed by atoms with Gasteiger partial charge in [0.2, 0.25) is 5.91 Å². The minimum Gasteiger partial charge on any atom is -0.384 e. The van der Waals surface area contributed by atoms with Crippen LogP contribution >= 0.6 is 0 Å². The van der Waals surface area contributed by atoms with Gasteiger partial charge in [-0.1, -0.05) is 52.0 Å². The highest BCUT2D eigenvalue weighted by Crippen LogP contribution is 2.34. The zero-order valence-corrected chi connectivity index (χ0v) is 20.8. The molecule has 1 aromatic carbocycles. The molecule has 0 N–H and O–H groups in total. The van der Waals surface area contributed by atoms with E-state index in [-0.39, 0.29) is 17.9 Å². The van der Waals surface area contributed by atoms with Gasteiger partial charge in [0.05, 0.1) is 24.3 Å². The van der Waals surface area contributed by atoms with Crippen LogP contribution in [0.1, 0.15) is 69.7 Å². The Labute approximate surface area is 198 Å². The number of anilines is 1. The molecule has 1 saturated heterocycles. The van der Waals surface area contributed by atoms with Gasteiger partial charge >= 0.3 is 0 Å². The summed E-state index contributed by atoms with van der Waals surface area (Å²) >= 11 is 0. The summed E-state index contributed by atoms with van der Waals surface area (Å²) in [5.74, 6) is 1.52. The molecule has 1 amide bonds. The molecule has 33 heavy (non-hydrogen) atoms. The van der Waals surface area contributed by atoms with Crippen LogP contribution in [0.4, 0.5) is 5.82 Å². The average Bonchev–Trinajstić information content (AvgIpc) is 2.81. The van der Waals surface area contributed by atoms with Gasteiger partial charge in [0.25, 0.3) is 0 Å². The summed E-state index contributed by atoms with van der Waals surface area (Å²) in [6.07, 6.45) is 0.393. The van der Waals surface area contributed by atoms with E-state index in [1.807, 2.05) is 11.0 Å². The quantitative estimate of drug-likeness (QED) is 0.600. The predicted molar refractivity (Wildman–Crippen MR) is 132 cm³/mol. The van der Waals surface area contributed by atoms with E-state index in [4.69, 9.17) is 9.72 Å². The number of ether oxygens (including phenoxy) is 1. The number of methoxy groups -OCH3 is 1. The molecular weight excluding hydrogens is 412 g/mol. The summed E-state index contributed by atoms with van der Waals surface area (Å²) < 4.78 is 5.06. The predicted octanol–water partition coefficient (Wildman–Crippen LogP) is 4.94. The maximum absolute atomic E-state index is 12.5. The minimum atomic E-state index is 0.0437. The summed E-state index contributed by atoms with van der Waals surface area (Å²) in [5, 5.41) is 9.97. The van der Waals surface area contributed by atoms with Crippen LogP contribution in [0.25, 0.3) is 11.1 Å². The van der Waals surface area contributed by atoms with Gasteiger partial charge < -0.3 is 14.5 Å². The summed E-state index contributed by atoms with van der Waals surface area (Å²) in [7, 11) is 1.61. The Bertz CT molecular complexity index is 1010. The number of nitriles is 1. The third-order valence-corrected chi connectivity index (χ3v) is 6.35. The zero-order chi connectivity index (χ0) is 24.1. The summed E-state index contributed by atoms with van der Waals surface area (Å²) in [5.41, 5.74) is 4.96. The van der Waals surface area contributed by atoms with Crippen molar-refractivity contribution in [3.05, 3.63) is 47.2 Å². The summed E-state index contributed by atoms with van der Waals surface area (Å²) in [6, 6.07) is 13.0. The summed E-state index contributed by atoms with van der Waals surface area (Å²) in [4.78, 5) is 21.6. The van der Waals surface area contributed by atoms with Gasteiger partial charge in [0.15, 0.2) is 0 Å². The number of piperazine rings is 1. The monoisotopic (exact) mass is 448 g/mol. The molecule has 2 heterocycles. The maximum Gasteiger partial charge on any atom is 0.225 e. The van der Waals surface area contributed by atoms with Crippen molar-refractivity contribution in [1.29, 1.82) is 5.26 Å². The number of amides is 1. The van der Waals surface area contributed by atoms with Gasteiger partial charge in [-0.3, -0.25) is 4.79 Å². The number of nitrogens with zero attached hydrogens (tertiary/aromatic N) is 4. The molecular formula is C27H36N4O2. The lowest BCUT2D eigenvalue weighted by molar-refractivity contribution is -0.134. The van der Waals surface area contributed by atoms with E-state index in [0.29, 0.717) is 44.1 Å². The van der Waals surface area contributed by atoms with E-state index in [1.165, 1.54) is 5.56 Å². The first kappa shape index (κ1) is 24.7. The normalized spacial score (nSPS) is 16.4. The molecule has 6 heteroatoms. The molecule has 0 bridgehead atoms. The number of carbonyl (C=O) groups is 1. The fourth-order valence-electron chi connectivity index (χ4n) is 4.41. The largest absolute Gasteiger partial charge is 0.384 e. The molecule has 2 aromatic rings. The minimum absolute atomic E-state index is 0.0437. The molecule has 1 aliphatic rings. The van der Waals surface area contributed by atoms with Gasteiger partial charge in [0.1, 0.15) is 11.9 Å². The Kier molecular flexibility index (Phi) is 8.10. The molecule has 3 rings (SSSR count). The van der Waals surface area contributed by atoms with Crippen molar-refractivity contribution >= 4 is 11.7 Å². The van der Waals surface area contributed by atoms with Gasteiger partial charge in [0, 0.05) is 38.3 Å². The van der Waals surface area contributed by atoms with E-state index in [1.54, 1.807) is 7.11 Å². The second kappa shape index (κ2) is 10.8. The van der Waals surface area contributed by atoms with E-state index in [9.17, 15) is 10.1 Å². The maximum atomic E-state index is 12.5. The molecule has 1 atom stereocenters. The molecule has 176 valence electrons. The lowest BCUT2D eigenvalue weighted by Crippen LogP contribution is -2.54. The van der Waals surface area contributed by atoms with Crippen LogP contribution in [-0.2, 0) is 9.53 Å². The molecule has 0 aliphatic carbocycles. The van der Waals surface area contributed by atoms with E-state index < -0.39 is 0 Å². The lowest BCUT2D eigenvalue weighted by Gasteiger charge is -2.41. The number of rotatable bonds is 7. The fourth-order valence-corrected chi connectivity index (χ4v) is 4.41. The van der Waals surface area contributed by atoms with Crippen LogP contribution in [0, 0.1) is 11.3 Å². The second-order valence-electron chi connectivity index (χ2n) is 9.46. The van der Waals surface area contributed by atoms with Crippen molar-refractivity contribution in [2.75, 3.05) is 38.3 Å². The number of hydrogen-bond acceptors (Lipinski definition) is 5. The molecule has 1 aromatic heterocycles. The van der Waals surface area contributed by atoms with Crippen molar-refractivity contribution in [2.45, 2.75) is 58.9 Å². The standard InChI is InChI=1S/C27H36N4O2/c1-18(2)21-7-9-22(10-8-21)24-15-23(16-28)27(29-26(24)19(3)4)30-12-13-31(20(5)17-30)25(32)11-14-33-6/h7-10,15,18-20H,11-14,17H2,1-6H3. The molecule has 1 aliphatic heterocycles. The van der Waals surface area contributed by atoms with E-state index in [0.717, 1.165) is 22.6 Å². The Morgan fingerprint density at radius 3 is 2.42 bits per heavy atom. The fraction of sp³-hybridized carbons (Fsp3) is 0.519. The topological polar surface area (TPSA) is 69.5 Å². The average molecular weight is 449 g/mol. The van der Waals surface area contributed by atoms with Crippen LogP contribution in [0.15, 0.2) is 30.3 Å². The number of pyridine rings is 1. The van der Waals surface area contributed by atoms with Crippen LogP contribution in [0.3, 0.4) is 0 Å². The van der Waals surface area contributed by atoms with Crippen molar-refractivity contribution in [3.8, 4) is 17.2 Å². The molecule has 1 unspecified atom stereocenters. The smallest absolute Gasteiger partial charge is 0.225 e. The number of carbonyl (C=O) groups excluding carboxylic acids is 1. The zero-order valence-electron chi connectivity index (χ0n) is 20.8. The SMILES string of the molecule is COCCC(=O)N1CCN(c2nc(C(C)C)c(-c3ccc(C(C)C)cc3)cc2C#N)CC1C. The van der Waals surface area contributed by atoms with Crippen LogP contribution < -0.4 is 4.90 Å². The third-order valence-electron chi connectivity index (χ3n) is 6.35. The first-order valence-electron chi connectivity index (χ1n) is 11.9. The number of aromatic nitrogens is 1. The van der Waals surface area contributed by atoms with Crippen molar-refractivity contribution < 1.29 is 9.53 Å².